The molecule has 0 spiro atoms. The molecular weight excluding hydrogens is 164 g/mol. The topological polar surface area (TPSA) is 18.5 Å². The highest BCUT2D eigenvalue weighted by atomic mass is 35.5. The molecule has 0 saturated carbocycles. The van der Waals surface area contributed by atoms with Crippen molar-refractivity contribution in [2.75, 3.05) is 14.2 Å². The summed E-state index contributed by atoms with van der Waals surface area (Å²) in [5.41, 5.74) is 0. The van der Waals surface area contributed by atoms with Crippen molar-refractivity contribution in [2.45, 2.75) is 12.2 Å². The van der Waals surface area contributed by atoms with Crippen molar-refractivity contribution in [2.24, 2.45) is 0 Å². The quantitative estimate of drug-likeness (QED) is 0.635. The van der Waals surface area contributed by atoms with Crippen LogP contribution < -0.4 is 0 Å². The Balaban J connectivity index is 2.66. The van der Waals surface area contributed by atoms with Gasteiger partial charge in [-0.05, 0) is 12.2 Å². The van der Waals surface area contributed by atoms with Crippen LogP contribution in [-0.4, -0.2) is 26.4 Å². The van der Waals surface area contributed by atoms with E-state index in [2.05, 4.69) is 0 Å². The van der Waals surface area contributed by atoms with Crippen LogP contribution in [0, 0.1) is 0 Å². The van der Waals surface area contributed by atoms with Crippen molar-refractivity contribution in [3.63, 3.8) is 0 Å². The van der Waals surface area contributed by atoms with Crippen LogP contribution in [-0.2, 0) is 9.47 Å². The van der Waals surface area contributed by atoms with Crippen molar-refractivity contribution in [1.82, 2.24) is 0 Å². The summed E-state index contributed by atoms with van der Waals surface area (Å²) in [5, 5.41) is 0.699. The van der Waals surface area contributed by atoms with Crippen molar-refractivity contribution < 1.29 is 9.47 Å². The van der Waals surface area contributed by atoms with E-state index in [9.17, 15) is 0 Å². The lowest BCUT2D eigenvalue weighted by Crippen LogP contribution is -2.28. The maximum atomic E-state index is 5.75. The lowest BCUT2D eigenvalue weighted by Gasteiger charge is -2.21. The van der Waals surface area contributed by atoms with Gasteiger partial charge >= 0.3 is 0 Å². The molecule has 3 heteroatoms. The van der Waals surface area contributed by atoms with E-state index in [1.54, 1.807) is 14.2 Å². The maximum Gasteiger partial charge on any atom is 0.107 e. The number of methoxy groups -OCH3 is 2. The molecule has 0 heterocycles. The monoisotopic (exact) mass is 174 g/mol. The van der Waals surface area contributed by atoms with Crippen molar-refractivity contribution in [1.29, 1.82) is 0 Å². The van der Waals surface area contributed by atoms with E-state index in [4.69, 9.17) is 21.1 Å². The first kappa shape index (κ1) is 8.78. The number of hydrogen-bond acceptors (Lipinski definition) is 2. The molecule has 0 aliphatic heterocycles. The van der Waals surface area contributed by atoms with E-state index < -0.39 is 0 Å². The minimum Gasteiger partial charge on any atom is -0.374 e. The Kier molecular flexibility index (Phi) is 3.12. The van der Waals surface area contributed by atoms with E-state index in [1.165, 1.54) is 0 Å². The molecule has 0 aromatic rings. The van der Waals surface area contributed by atoms with Crippen LogP contribution in [0.15, 0.2) is 23.3 Å². The molecule has 1 aliphatic carbocycles. The summed E-state index contributed by atoms with van der Waals surface area (Å²) >= 11 is 5.75. The number of allylic oxidation sites excluding steroid dienone is 2. The fraction of sp³-hybridized carbons (Fsp3) is 0.500. The standard InChI is InChI=1S/C8H11ClO2/c1-10-7-4-3-6(9)5-8(7)11-2/h3-5,7-8H,1-2H3. The largest absolute Gasteiger partial charge is 0.374 e. The van der Waals surface area contributed by atoms with Gasteiger partial charge in [0.1, 0.15) is 12.2 Å². The Labute approximate surface area is 71.4 Å². The normalized spacial score (nSPS) is 30.3. The molecular formula is C8H11ClO2. The molecule has 62 valence electrons. The van der Waals surface area contributed by atoms with Gasteiger partial charge in [0, 0.05) is 19.3 Å². The zero-order valence-electron chi connectivity index (χ0n) is 6.58. The third-order valence-electron chi connectivity index (χ3n) is 1.64. The average Bonchev–Trinajstić information content (AvgIpc) is 2.04. The van der Waals surface area contributed by atoms with Gasteiger partial charge < -0.3 is 9.47 Å². The third kappa shape index (κ3) is 2.06. The predicted molar refractivity (Wildman–Crippen MR) is 44.7 cm³/mol. The highest BCUT2D eigenvalue weighted by molar-refractivity contribution is 6.31. The molecule has 1 aliphatic rings. The molecule has 0 bridgehead atoms. The number of ether oxygens (including phenoxy) is 2. The molecule has 0 radical (unpaired) electrons. The third-order valence-corrected chi connectivity index (χ3v) is 1.89. The van der Waals surface area contributed by atoms with E-state index in [0.717, 1.165) is 0 Å². The Morgan fingerprint density at radius 3 is 2.45 bits per heavy atom. The minimum absolute atomic E-state index is 0.0116. The molecule has 2 unspecified atom stereocenters. The van der Waals surface area contributed by atoms with E-state index in [0.29, 0.717) is 5.03 Å². The van der Waals surface area contributed by atoms with Gasteiger partial charge in [-0.1, -0.05) is 17.7 Å². The second-order valence-corrected chi connectivity index (χ2v) is 2.75. The Bertz CT molecular complexity index is 187. The van der Waals surface area contributed by atoms with Crippen LogP contribution in [0.3, 0.4) is 0 Å². The van der Waals surface area contributed by atoms with Crippen LogP contribution in [0.4, 0.5) is 0 Å². The summed E-state index contributed by atoms with van der Waals surface area (Å²) in [6.07, 6.45) is 5.46. The Hall–Kier alpha value is -0.310. The molecule has 0 saturated heterocycles. The number of rotatable bonds is 2. The van der Waals surface area contributed by atoms with Crippen LogP contribution in [0.2, 0.25) is 0 Å². The summed E-state index contributed by atoms with van der Waals surface area (Å²) in [6.45, 7) is 0. The first-order valence-corrected chi connectivity index (χ1v) is 3.77. The molecule has 0 aromatic heterocycles. The molecule has 2 nitrogen and oxygen atoms in total. The first-order chi connectivity index (χ1) is 5.27. The zero-order valence-corrected chi connectivity index (χ0v) is 7.34. The lowest BCUT2D eigenvalue weighted by atomic mass is 10.1. The fourth-order valence-electron chi connectivity index (χ4n) is 1.02. The molecule has 0 N–H and O–H groups in total. The SMILES string of the molecule is COC1C=CC(Cl)=CC1OC. The van der Waals surface area contributed by atoms with E-state index in [-0.39, 0.29) is 12.2 Å². The summed E-state index contributed by atoms with van der Waals surface area (Å²) in [4.78, 5) is 0. The zero-order chi connectivity index (χ0) is 8.27. The minimum atomic E-state index is -0.0579. The van der Waals surface area contributed by atoms with Gasteiger partial charge in [-0.15, -0.1) is 0 Å². The second-order valence-electron chi connectivity index (χ2n) is 2.31. The Morgan fingerprint density at radius 1 is 1.27 bits per heavy atom. The van der Waals surface area contributed by atoms with Gasteiger partial charge in [0.2, 0.25) is 0 Å². The molecule has 0 amide bonds. The Morgan fingerprint density at radius 2 is 1.91 bits per heavy atom. The van der Waals surface area contributed by atoms with Crippen LogP contribution >= 0.6 is 11.6 Å². The predicted octanol–water partition coefficient (Wildman–Crippen LogP) is 1.71. The fourth-order valence-corrected chi connectivity index (χ4v) is 1.22. The van der Waals surface area contributed by atoms with Gasteiger partial charge in [-0.3, -0.25) is 0 Å². The molecule has 11 heavy (non-hydrogen) atoms. The maximum absolute atomic E-state index is 5.75. The van der Waals surface area contributed by atoms with Crippen molar-refractivity contribution in [3.05, 3.63) is 23.3 Å². The smallest absolute Gasteiger partial charge is 0.107 e. The van der Waals surface area contributed by atoms with Gasteiger partial charge in [-0.25, -0.2) is 0 Å². The molecule has 0 fully saturated rings. The van der Waals surface area contributed by atoms with E-state index in [1.807, 2.05) is 18.2 Å². The highest BCUT2D eigenvalue weighted by Gasteiger charge is 2.18. The summed E-state index contributed by atoms with van der Waals surface area (Å²) in [5.74, 6) is 0. The summed E-state index contributed by atoms with van der Waals surface area (Å²) in [7, 11) is 3.28. The lowest BCUT2D eigenvalue weighted by molar-refractivity contribution is 0.0138. The number of hydrogen-bond donors (Lipinski definition) is 0. The molecule has 0 aromatic carbocycles. The van der Waals surface area contributed by atoms with Crippen LogP contribution in [0.5, 0.6) is 0 Å². The van der Waals surface area contributed by atoms with E-state index >= 15 is 0 Å². The van der Waals surface area contributed by atoms with Crippen LogP contribution in [0.25, 0.3) is 0 Å². The average molecular weight is 175 g/mol. The van der Waals surface area contributed by atoms with Crippen molar-refractivity contribution in [3.8, 4) is 0 Å². The summed E-state index contributed by atoms with van der Waals surface area (Å²) in [6, 6.07) is 0. The van der Waals surface area contributed by atoms with Gasteiger partial charge in [-0.2, -0.15) is 0 Å². The van der Waals surface area contributed by atoms with Crippen LogP contribution in [0.1, 0.15) is 0 Å². The summed E-state index contributed by atoms with van der Waals surface area (Å²) < 4.78 is 10.3. The molecule has 2 atom stereocenters. The van der Waals surface area contributed by atoms with Gasteiger partial charge in [0.05, 0.1) is 0 Å². The van der Waals surface area contributed by atoms with Crippen molar-refractivity contribution >= 4 is 11.6 Å². The second kappa shape index (κ2) is 3.90. The molecule has 1 rings (SSSR count). The van der Waals surface area contributed by atoms with Gasteiger partial charge in [0.25, 0.3) is 0 Å². The number of halogens is 1. The first-order valence-electron chi connectivity index (χ1n) is 3.39. The van der Waals surface area contributed by atoms with Gasteiger partial charge in [0.15, 0.2) is 0 Å². The highest BCUT2D eigenvalue weighted by Crippen LogP contribution is 2.17.